The van der Waals surface area contributed by atoms with Gasteiger partial charge >= 0.3 is 0 Å². The molecule has 4 aromatic rings. The van der Waals surface area contributed by atoms with Gasteiger partial charge in [0.2, 0.25) is 0 Å². The number of anilines is 1. The van der Waals surface area contributed by atoms with Gasteiger partial charge in [0.25, 0.3) is 5.91 Å². The van der Waals surface area contributed by atoms with E-state index >= 15 is 0 Å². The number of halogens is 1. The predicted molar refractivity (Wildman–Crippen MR) is 145 cm³/mol. The number of nitrogens with one attached hydrogen (secondary N) is 2. The van der Waals surface area contributed by atoms with Gasteiger partial charge in [-0.15, -0.1) is 0 Å². The highest BCUT2D eigenvalue weighted by molar-refractivity contribution is 7.80. The van der Waals surface area contributed by atoms with Crippen molar-refractivity contribution in [2.75, 3.05) is 19.5 Å². The largest absolute Gasteiger partial charge is 0.493 e. The molecular weight excluding hydrogens is 493 g/mol. The second-order valence-corrected chi connectivity index (χ2v) is 8.54. The smallest absolute Gasteiger partial charge is 0.257 e. The number of ether oxygens (including phenoxy) is 3. The lowest BCUT2D eigenvalue weighted by molar-refractivity contribution is 0.0977. The summed E-state index contributed by atoms with van der Waals surface area (Å²) >= 11 is 5.23. The predicted octanol–water partition coefficient (Wildman–Crippen LogP) is 6.26. The molecule has 0 saturated heterocycles. The molecule has 37 heavy (non-hydrogen) atoms. The summed E-state index contributed by atoms with van der Waals surface area (Å²) in [4.78, 5) is 16.8. The first-order valence-corrected chi connectivity index (χ1v) is 12.0. The lowest BCUT2D eigenvalue weighted by atomic mass is 10.1. The van der Waals surface area contributed by atoms with Crippen molar-refractivity contribution >= 4 is 39.8 Å². The highest BCUT2D eigenvalue weighted by Crippen LogP contribution is 2.37. The first-order chi connectivity index (χ1) is 17.9. The summed E-state index contributed by atoms with van der Waals surface area (Å²) in [5.74, 6) is 0.472. The molecule has 190 valence electrons. The van der Waals surface area contributed by atoms with Crippen LogP contribution in [0, 0.1) is 5.82 Å². The maximum absolute atomic E-state index is 14.9. The Morgan fingerprint density at radius 1 is 0.946 bits per heavy atom. The lowest BCUT2D eigenvalue weighted by Gasteiger charge is -2.14. The van der Waals surface area contributed by atoms with Gasteiger partial charge in [-0.25, -0.2) is 4.39 Å². The van der Waals surface area contributed by atoms with Gasteiger partial charge in [0, 0.05) is 35.0 Å². The third-order valence-corrected chi connectivity index (χ3v) is 5.80. The zero-order valence-corrected chi connectivity index (χ0v) is 21.4. The van der Waals surface area contributed by atoms with E-state index in [9.17, 15) is 9.18 Å². The molecule has 3 aromatic carbocycles. The topological polar surface area (TPSA) is 81.7 Å². The number of aromatic nitrogens is 1. The fourth-order valence-corrected chi connectivity index (χ4v) is 3.98. The Kier molecular flexibility index (Phi) is 8.15. The van der Waals surface area contributed by atoms with E-state index in [2.05, 4.69) is 22.5 Å². The van der Waals surface area contributed by atoms with Gasteiger partial charge in [0.15, 0.2) is 28.2 Å². The van der Waals surface area contributed by atoms with Gasteiger partial charge in [0.1, 0.15) is 5.75 Å². The summed E-state index contributed by atoms with van der Waals surface area (Å²) in [5.41, 5.74) is 2.61. The SMILES string of the molecule is CCCc1ccc(C(=O)NC(=S)Nc2ccc(Oc3ccnc4cc(OC)c(OC)cc34)c(F)c2)cc1. The minimum atomic E-state index is -0.615. The third-order valence-electron chi connectivity index (χ3n) is 5.60. The number of carbonyl (C=O) groups excluding carboxylic acids is 1. The standard InChI is InChI=1S/C28H26FN3O4S/c1-4-5-17-6-8-18(9-7-17)27(33)32-28(37)31-19-10-11-24(21(29)14-19)36-23-12-13-30-22-16-26(35-3)25(34-2)15-20(22)23/h6-16H,4-5H2,1-3H3,(H2,31,32,33,37). The summed E-state index contributed by atoms with van der Waals surface area (Å²) in [5, 5.41) is 6.12. The Hall–Kier alpha value is -4.24. The number of benzene rings is 3. The Morgan fingerprint density at radius 2 is 1.68 bits per heavy atom. The van der Waals surface area contributed by atoms with Gasteiger partial charge in [0.05, 0.1) is 19.7 Å². The Morgan fingerprint density at radius 3 is 2.35 bits per heavy atom. The molecular formula is C28H26FN3O4S. The molecule has 0 saturated carbocycles. The molecule has 1 heterocycles. The number of carbonyl (C=O) groups is 1. The van der Waals surface area contributed by atoms with E-state index in [0.29, 0.717) is 39.4 Å². The first-order valence-electron chi connectivity index (χ1n) is 11.6. The van der Waals surface area contributed by atoms with E-state index in [1.165, 1.54) is 26.4 Å². The molecule has 0 atom stereocenters. The molecule has 7 nitrogen and oxygen atoms in total. The molecule has 9 heteroatoms. The van der Waals surface area contributed by atoms with Crippen molar-refractivity contribution in [3.05, 3.63) is 83.8 Å². The van der Waals surface area contributed by atoms with Crippen LogP contribution < -0.4 is 24.8 Å². The van der Waals surface area contributed by atoms with Gasteiger partial charge in [-0.05, 0) is 60.6 Å². The van der Waals surface area contributed by atoms with Crippen molar-refractivity contribution in [3.8, 4) is 23.0 Å². The van der Waals surface area contributed by atoms with Crippen LogP contribution >= 0.6 is 12.2 Å². The van der Waals surface area contributed by atoms with E-state index in [4.69, 9.17) is 26.4 Å². The average molecular weight is 520 g/mol. The molecule has 1 amide bonds. The van der Waals surface area contributed by atoms with E-state index in [-0.39, 0.29) is 16.8 Å². The zero-order chi connectivity index (χ0) is 26.4. The maximum atomic E-state index is 14.9. The Balaban J connectivity index is 1.45. The normalized spacial score (nSPS) is 10.6. The van der Waals surface area contributed by atoms with Crippen LogP contribution in [0.2, 0.25) is 0 Å². The number of pyridine rings is 1. The summed E-state index contributed by atoms with van der Waals surface area (Å²) in [6.07, 6.45) is 3.55. The van der Waals surface area contributed by atoms with E-state index < -0.39 is 5.82 Å². The molecule has 0 aliphatic heterocycles. The van der Waals surface area contributed by atoms with Crippen molar-refractivity contribution < 1.29 is 23.4 Å². The van der Waals surface area contributed by atoms with Crippen LogP contribution in [0.3, 0.4) is 0 Å². The van der Waals surface area contributed by atoms with Crippen molar-refractivity contribution in [3.63, 3.8) is 0 Å². The number of thiocarbonyl (C=S) groups is 1. The number of nitrogens with zero attached hydrogens (tertiary/aromatic N) is 1. The number of rotatable bonds is 8. The lowest BCUT2D eigenvalue weighted by Crippen LogP contribution is -2.34. The van der Waals surface area contributed by atoms with Crippen LogP contribution in [0.25, 0.3) is 10.9 Å². The van der Waals surface area contributed by atoms with Crippen LogP contribution in [0.1, 0.15) is 29.3 Å². The van der Waals surface area contributed by atoms with Crippen molar-refractivity contribution in [1.82, 2.24) is 10.3 Å². The minimum absolute atomic E-state index is 0.00922. The van der Waals surface area contributed by atoms with Gasteiger partial charge in [-0.1, -0.05) is 25.5 Å². The molecule has 0 bridgehead atoms. The Bertz CT molecular complexity index is 1440. The summed E-state index contributed by atoms with van der Waals surface area (Å²) in [6.45, 7) is 2.10. The Labute approximate surface area is 219 Å². The molecule has 2 N–H and O–H groups in total. The summed E-state index contributed by atoms with van der Waals surface area (Å²) < 4.78 is 31.5. The highest BCUT2D eigenvalue weighted by atomic mass is 32.1. The average Bonchev–Trinajstić information content (AvgIpc) is 2.90. The number of hydrogen-bond donors (Lipinski definition) is 2. The van der Waals surface area contributed by atoms with Gasteiger partial charge in [-0.2, -0.15) is 0 Å². The fraction of sp³-hybridized carbons (Fsp3) is 0.179. The van der Waals surface area contributed by atoms with Crippen LogP contribution in [0.5, 0.6) is 23.0 Å². The summed E-state index contributed by atoms with van der Waals surface area (Å²) in [6, 6.07) is 16.7. The number of fused-ring (bicyclic) bond motifs is 1. The molecule has 4 rings (SSSR count). The number of aryl methyl sites for hydroxylation is 1. The van der Waals surface area contributed by atoms with Crippen LogP contribution in [-0.2, 0) is 6.42 Å². The summed E-state index contributed by atoms with van der Waals surface area (Å²) in [7, 11) is 3.07. The molecule has 0 spiro atoms. The molecule has 1 aromatic heterocycles. The zero-order valence-electron chi connectivity index (χ0n) is 20.6. The van der Waals surface area contributed by atoms with Crippen LogP contribution in [0.4, 0.5) is 10.1 Å². The quantitative estimate of drug-likeness (QED) is 0.266. The molecule has 0 aliphatic carbocycles. The maximum Gasteiger partial charge on any atom is 0.257 e. The van der Waals surface area contributed by atoms with Crippen molar-refractivity contribution in [2.45, 2.75) is 19.8 Å². The fourth-order valence-electron chi connectivity index (χ4n) is 3.77. The number of amides is 1. The second kappa shape index (κ2) is 11.7. The van der Waals surface area contributed by atoms with Crippen LogP contribution in [0.15, 0.2) is 66.9 Å². The van der Waals surface area contributed by atoms with Gasteiger partial charge < -0.3 is 19.5 Å². The third kappa shape index (κ3) is 6.13. The molecule has 0 fully saturated rings. The monoisotopic (exact) mass is 519 g/mol. The number of hydrogen-bond acceptors (Lipinski definition) is 6. The van der Waals surface area contributed by atoms with Crippen LogP contribution in [-0.4, -0.2) is 30.2 Å². The van der Waals surface area contributed by atoms with E-state index in [1.54, 1.807) is 42.6 Å². The highest BCUT2D eigenvalue weighted by Gasteiger charge is 2.14. The minimum Gasteiger partial charge on any atom is -0.493 e. The second-order valence-electron chi connectivity index (χ2n) is 8.14. The first kappa shape index (κ1) is 25.8. The van der Waals surface area contributed by atoms with E-state index in [1.807, 2.05) is 12.1 Å². The van der Waals surface area contributed by atoms with E-state index in [0.717, 1.165) is 18.4 Å². The molecule has 0 radical (unpaired) electrons. The van der Waals surface area contributed by atoms with Gasteiger partial charge in [-0.3, -0.25) is 15.1 Å². The molecule has 0 aliphatic rings. The number of methoxy groups -OCH3 is 2. The van der Waals surface area contributed by atoms with Crippen molar-refractivity contribution in [1.29, 1.82) is 0 Å². The molecule has 0 unspecified atom stereocenters. The van der Waals surface area contributed by atoms with Crippen molar-refractivity contribution in [2.24, 2.45) is 0 Å².